The molecular formula is C18H19N7O. The summed E-state index contributed by atoms with van der Waals surface area (Å²) in [7, 11) is 1.88. The smallest absolute Gasteiger partial charge is 0.165 e. The van der Waals surface area contributed by atoms with Gasteiger partial charge in [0, 0.05) is 31.1 Å². The molecule has 0 aliphatic rings. The van der Waals surface area contributed by atoms with Gasteiger partial charge in [-0.25, -0.2) is 9.97 Å². The first-order valence-corrected chi connectivity index (χ1v) is 8.45. The Morgan fingerprint density at radius 1 is 1.27 bits per heavy atom. The molecule has 0 aromatic carbocycles. The van der Waals surface area contributed by atoms with E-state index in [0.29, 0.717) is 18.2 Å². The van der Waals surface area contributed by atoms with Crippen LogP contribution in [0.25, 0.3) is 22.4 Å². The Bertz CT molecular complexity index is 1050. The van der Waals surface area contributed by atoms with Gasteiger partial charge in [-0.1, -0.05) is 12.1 Å². The summed E-state index contributed by atoms with van der Waals surface area (Å²) in [5, 5.41) is 12.7. The number of aryl methyl sites for hydroxylation is 3. The fourth-order valence-electron chi connectivity index (χ4n) is 2.87. The minimum Gasteiger partial charge on any atom is -0.362 e. The summed E-state index contributed by atoms with van der Waals surface area (Å²) in [5.74, 6) is 2.08. The molecule has 4 aromatic rings. The fourth-order valence-corrected chi connectivity index (χ4v) is 2.87. The average Bonchev–Trinajstić information content (AvgIpc) is 3.25. The summed E-state index contributed by atoms with van der Waals surface area (Å²) >= 11 is 0. The van der Waals surface area contributed by atoms with Crippen molar-refractivity contribution in [3.8, 4) is 11.4 Å². The van der Waals surface area contributed by atoms with Gasteiger partial charge in [0.2, 0.25) is 0 Å². The predicted octanol–water partition coefficient (Wildman–Crippen LogP) is 2.90. The molecule has 0 radical (unpaired) electrons. The van der Waals surface area contributed by atoms with Gasteiger partial charge in [0.05, 0.1) is 23.3 Å². The van der Waals surface area contributed by atoms with Crippen LogP contribution in [-0.2, 0) is 20.0 Å². The SMILES string of the molecule is CCc1cc(CNc2nc(-c3cccnc3)nc3c2c(C)nn3C)on1. The van der Waals surface area contributed by atoms with Crippen LogP contribution >= 0.6 is 0 Å². The molecule has 0 aliphatic heterocycles. The van der Waals surface area contributed by atoms with Crippen molar-refractivity contribution >= 4 is 16.9 Å². The van der Waals surface area contributed by atoms with E-state index in [1.807, 2.05) is 39.1 Å². The Hall–Kier alpha value is -3.29. The van der Waals surface area contributed by atoms with Crippen LogP contribution in [0.4, 0.5) is 5.82 Å². The summed E-state index contributed by atoms with van der Waals surface area (Å²) in [5.41, 5.74) is 3.42. The van der Waals surface area contributed by atoms with E-state index in [2.05, 4.69) is 25.5 Å². The first kappa shape index (κ1) is 16.2. The van der Waals surface area contributed by atoms with Crippen LogP contribution < -0.4 is 5.32 Å². The lowest BCUT2D eigenvalue weighted by atomic mass is 10.2. The Labute approximate surface area is 150 Å². The highest BCUT2D eigenvalue weighted by atomic mass is 16.5. The molecule has 0 unspecified atom stereocenters. The topological polar surface area (TPSA) is 94.6 Å². The normalized spacial score (nSPS) is 11.2. The highest BCUT2D eigenvalue weighted by Crippen LogP contribution is 2.27. The molecule has 0 spiro atoms. The zero-order valence-corrected chi connectivity index (χ0v) is 14.9. The molecule has 8 heteroatoms. The lowest BCUT2D eigenvalue weighted by molar-refractivity contribution is 0.382. The van der Waals surface area contributed by atoms with E-state index in [9.17, 15) is 0 Å². The number of aromatic nitrogens is 6. The monoisotopic (exact) mass is 349 g/mol. The number of nitrogens with zero attached hydrogens (tertiary/aromatic N) is 6. The minimum atomic E-state index is 0.486. The molecule has 26 heavy (non-hydrogen) atoms. The van der Waals surface area contributed by atoms with Crippen molar-refractivity contribution in [1.29, 1.82) is 0 Å². The summed E-state index contributed by atoms with van der Waals surface area (Å²) in [6.07, 6.45) is 4.32. The van der Waals surface area contributed by atoms with Crippen LogP contribution in [0.3, 0.4) is 0 Å². The molecule has 0 atom stereocenters. The Balaban J connectivity index is 1.76. The van der Waals surface area contributed by atoms with Gasteiger partial charge in [0.25, 0.3) is 0 Å². The average molecular weight is 349 g/mol. The van der Waals surface area contributed by atoms with Crippen molar-refractivity contribution < 1.29 is 4.52 Å². The predicted molar refractivity (Wildman–Crippen MR) is 97.5 cm³/mol. The zero-order valence-electron chi connectivity index (χ0n) is 14.9. The highest BCUT2D eigenvalue weighted by Gasteiger charge is 2.16. The Kier molecular flexibility index (Phi) is 4.08. The largest absolute Gasteiger partial charge is 0.362 e. The van der Waals surface area contributed by atoms with Gasteiger partial charge < -0.3 is 9.84 Å². The van der Waals surface area contributed by atoms with Crippen LogP contribution in [-0.4, -0.2) is 29.9 Å². The maximum Gasteiger partial charge on any atom is 0.165 e. The van der Waals surface area contributed by atoms with E-state index in [1.165, 1.54) is 0 Å². The fraction of sp³-hybridized carbons (Fsp3) is 0.278. The molecule has 8 nitrogen and oxygen atoms in total. The van der Waals surface area contributed by atoms with Crippen molar-refractivity contribution in [2.24, 2.45) is 7.05 Å². The first-order chi connectivity index (χ1) is 12.7. The second-order valence-electron chi connectivity index (χ2n) is 6.04. The van der Waals surface area contributed by atoms with Gasteiger partial charge in [0.1, 0.15) is 5.82 Å². The van der Waals surface area contributed by atoms with Crippen molar-refractivity contribution in [2.75, 3.05) is 5.32 Å². The Morgan fingerprint density at radius 2 is 2.15 bits per heavy atom. The summed E-state index contributed by atoms with van der Waals surface area (Å²) in [6, 6.07) is 5.75. The summed E-state index contributed by atoms with van der Waals surface area (Å²) in [6.45, 7) is 4.48. The number of pyridine rings is 1. The standard InChI is InChI=1S/C18H19N7O/c1-4-13-8-14(26-24-13)10-20-17-15-11(2)23-25(3)18(15)22-16(21-17)12-6-5-7-19-9-12/h5-9H,4,10H2,1-3H3,(H,20,21,22). The first-order valence-electron chi connectivity index (χ1n) is 8.45. The lowest BCUT2D eigenvalue weighted by Gasteiger charge is -2.08. The van der Waals surface area contributed by atoms with Gasteiger partial charge in [0.15, 0.2) is 17.2 Å². The van der Waals surface area contributed by atoms with E-state index in [-0.39, 0.29) is 0 Å². The summed E-state index contributed by atoms with van der Waals surface area (Å²) in [4.78, 5) is 13.5. The third-order valence-corrected chi connectivity index (χ3v) is 4.18. The molecule has 0 bridgehead atoms. The van der Waals surface area contributed by atoms with Crippen LogP contribution in [0.1, 0.15) is 24.1 Å². The van der Waals surface area contributed by atoms with E-state index in [0.717, 1.165) is 40.2 Å². The molecular weight excluding hydrogens is 330 g/mol. The molecule has 132 valence electrons. The molecule has 1 N–H and O–H groups in total. The van der Waals surface area contributed by atoms with E-state index in [1.54, 1.807) is 17.1 Å². The number of nitrogens with one attached hydrogen (secondary N) is 1. The number of rotatable bonds is 5. The van der Waals surface area contributed by atoms with E-state index >= 15 is 0 Å². The molecule has 0 amide bonds. The molecule has 4 aromatic heterocycles. The molecule has 4 rings (SSSR count). The number of anilines is 1. The van der Waals surface area contributed by atoms with Crippen LogP contribution in [0, 0.1) is 6.92 Å². The van der Waals surface area contributed by atoms with E-state index < -0.39 is 0 Å². The van der Waals surface area contributed by atoms with Crippen LogP contribution in [0.5, 0.6) is 0 Å². The number of fused-ring (bicyclic) bond motifs is 1. The van der Waals surface area contributed by atoms with E-state index in [4.69, 9.17) is 9.51 Å². The van der Waals surface area contributed by atoms with Gasteiger partial charge in [-0.2, -0.15) is 5.10 Å². The third kappa shape index (κ3) is 2.90. The number of hydrogen-bond donors (Lipinski definition) is 1. The molecule has 0 fully saturated rings. The second kappa shape index (κ2) is 6.55. The van der Waals surface area contributed by atoms with Gasteiger partial charge in [-0.3, -0.25) is 9.67 Å². The maximum absolute atomic E-state index is 5.35. The molecule has 4 heterocycles. The van der Waals surface area contributed by atoms with Crippen molar-refractivity contribution in [3.05, 3.63) is 47.7 Å². The van der Waals surface area contributed by atoms with Gasteiger partial charge in [-0.05, 0) is 25.5 Å². The van der Waals surface area contributed by atoms with Crippen molar-refractivity contribution in [3.63, 3.8) is 0 Å². The zero-order chi connectivity index (χ0) is 18.1. The summed E-state index contributed by atoms with van der Waals surface area (Å²) < 4.78 is 7.12. The minimum absolute atomic E-state index is 0.486. The number of hydrogen-bond acceptors (Lipinski definition) is 7. The molecule has 0 saturated carbocycles. The Morgan fingerprint density at radius 3 is 2.88 bits per heavy atom. The molecule has 0 saturated heterocycles. The van der Waals surface area contributed by atoms with Crippen LogP contribution in [0.2, 0.25) is 0 Å². The third-order valence-electron chi connectivity index (χ3n) is 4.18. The van der Waals surface area contributed by atoms with Gasteiger partial charge >= 0.3 is 0 Å². The quantitative estimate of drug-likeness (QED) is 0.592. The van der Waals surface area contributed by atoms with Crippen molar-refractivity contribution in [2.45, 2.75) is 26.8 Å². The van der Waals surface area contributed by atoms with Crippen molar-refractivity contribution in [1.82, 2.24) is 29.9 Å². The second-order valence-corrected chi connectivity index (χ2v) is 6.04. The van der Waals surface area contributed by atoms with Crippen LogP contribution in [0.15, 0.2) is 35.1 Å². The lowest BCUT2D eigenvalue weighted by Crippen LogP contribution is -2.04. The van der Waals surface area contributed by atoms with Gasteiger partial charge in [-0.15, -0.1) is 0 Å². The molecule has 0 aliphatic carbocycles. The highest BCUT2D eigenvalue weighted by molar-refractivity contribution is 5.90. The maximum atomic E-state index is 5.35.